The minimum absolute atomic E-state index is 0.0533. The molecule has 0 saturated carbocycles. The third kappa shape index (κ3) is 3.99. The summed E-state index contributed by atoms with van der Waals surface area (Å²) < 4.78 is 11.2. The molecular formula is C23H17ClN2O4. The van der Waals surface area contributed by atoms with E-state index in [-0.39, 0.29) is 11.7 Å². The Hall–Kier alpha value is -3.77. The van der Waals surface area contributed by atoms with Gasteiger partial charge in [0.25, 0.3) is 11.8 Å². The van der Waals surface area contributed by atoms with Crippen molar-refractivity contribution in [2.75, 3.05) is 17.7 Å². The maximum Gasteiger partial charge on any atom is 0.295 e. The van der Waals surface area contributed by atoms with Gasteiger partial charge in [0, 0.05) is 22.0 Å². The van der Waals surface area contributed by atoms with Gasteiger partial charge in [0.15, 0.2) is 5.75 Å². The second-order valence-corrected chi connectivity index (χ2v) is 6.89. The molecule has 0 aliphatic rings. The number of para-hydroxylation sites is 1. The monoisotopic (exact) mass is 420 g/mol. The number of anilines is 2. The minimum Gasteiger partial charge on any atom is -0.492 e. The number of ether oxygens (including phenoxy) is 1. The molecule has 0 saturated heterocycles. The fourth-order valence-electron chi connectivity index (χ4n) is 3.02. The molecule has 0 unspecified atom stereocenters. The number of furan rings is 1. The van der Waals surface area contributed by atoms with E-state index in [2.05, 4.69) is 10.6 Å². The number of carbonyl (C=O) groups excluding carboxylic acids is 2. The molecule has 2 amide bonds. The van der Waals surface area contributed by atoms with Crippen molar-refractivity contribution < 1.29 is 18.7 Å². The Morgan fingerprint density at radius 2 is 1.57 bits per heavy atom. The lowest BCUT2D eigenvalue weighted by Crippen LogP contribution is -2.12. The van der Waals surface area contributed by atoms with Crippen LogP contribution in [-0.2, 0) is 0 Å². The summed E-state index contributed by atoms with van der Waals surface area (Å²) in [4.78, 5) is 25.1. The fraction of sp³-hybridized carbons (Fsp3) is 0.0435. The van der Waals surface area contributed by atoms with E-state index < -0.39 is 5.91 Å². The van der Waals surface area contributed by atoms with Crippen LogP contribution in [0.2, 0.25) is 5.02 Å². The average Bonchev–Trinajstić information content (AvgIpc) is 3.13. The van der Waals surface area contributed by atoms with Crippen LogP contribution < -0.4 is 15.4 Å². The summed E-state index contributed by atoms with van der Waals surface area (Å²) in [6.45, 7) is 0. The van der Waals surface area contributed by atoms with Gasteiger partial charge in [-0.3, -0.25) is 9.59 Å². The number of fused-ring (bicyclic) bond motifs is 1. The van der Waals surface area contributed by atoms with Crippen LogP contribution >= 0.6 is 11.6 Å². The molecule has 0 bridgehead atoms. The molecule has 30 heavy (non-hydrogen) atoms. The van der Waals surface area contributed by atoms with Crippen molar-refractivity contribution in [3.63, 3.8) is 0 Å². The van der Waals surface area contributed by atoms with Gasteiger partial charge in [-0.05, 0) is 54.6 Å². The zero-order chi connectivity index (χ0) is 21.1. The summed E-state index contributed by atoms with van der Waals surface area (Å²) in [5.74, 6) is -0.366. The van der Waals surface area contributed by atoms with Crippen molar-refractivity contribution in [3.05, 3.63) is 89.1 Å². The molecule has 0 radical (unpaired) electrons. The van der Waals surface area contributed by atoms with Crippen LogP contribution in [0.3, 0.4) is 0 Å². The molecule has 1 aromatic heterocycles. The number of nitrogens with one attached hydrogen (secondary N) is 2. The molecule has 6 nitrogen and oxygen atoms in total. The summed E-state index contributed by atoms with van der Waals surface area (Å²) >= 11 is 5.87. The molecular weight excluding hydrogens is 404 g/mol. The highest BCUT2D eigenvalue weighted by Crippen LogP contribution is 2.35. The zero-order valence-electron chi connectivity index (χ0n) is 15.9. The smallest absolute Gasteiger partial charge is 0.295 e. The van der Waals surface area contributed by atoms with E-state index >= 15 is 0 Å². The van der Waals surface area contributed by atoms with Crippen LogP contribution in [0.1, 0.15) is 20.9 Å². The first-order chi connectivity index (χ1) is 14.5. The Morgan fingerprint density at radius 1 is 0.867 bits per heavy atom. The van der Waals surface area contributed by atoms with Crippen LogP contribution in [-0.4, -0.2) is 18.9 Å². The van der Waals surface area contributed by atoms with Gasteiger partial charge in [0.1, 0.15) is 5.58 Å². The summed E-state index contributed by atoms with van der Waals surface area (Å²) in [5, 5.41) is 6.72. The van der Waals surface area contributed by atoms with Gasteiger partial charge in [-0.15, -0.1) is 0 Å². The Morgan fingerprint density at radius 3 is 2.27 bits per heavy atom. The molecule has 150 valence electrons. The number of rotatable bonds is 5. The second-order valence-electron chi connectivity index (χ2n) is 6.46. The predicted molar refractivity (Wildman–Crippen MR) is 117 cm³/mol. The first-order valence-corrected chi connectivity index (χ1v) is 9.47. The maximum atomic E-state index is 12.7. The van der Waals surface area contributed by atoms with E-state index in [1.807, 2.05) is 18.2 Å². The number of benzene rings is 3. The van der Waals surface area contributed by atoms with Gasteiger partial charge >= 0.3 is 0 Å². The van der Waals surface area contributed by atoms with Gasteiger partial charge in [-0.2, -0.15) is 0 Å². The van der Waals surface area contributed by atoms with Crippen molar-refractivity contribution in [2.45, 2.75) is 0 Å². The van der Waals surface area contributed by atoms with Crippen LogP contribution in [0.4, 0.5) is 11.4 Å². The number of carbonyl (C=O) groups is 2. The quantitative estimate of drug-likeness (QED) is 0.440. The standard InChI is InChI=1S/C23H17ClN2O4/c1-29-20-18-13-17(26-22(27)14-7-9-15(24)10-8-14)11-12-19(18)30-21(20)23(28)25-16-5-3-2-4-6-16/h2-13H,1H3,(H,25,28)(H,26,27). The lowest BCUT2D eigenvalue weighted by atomic mass is 10.2. The predicted octanol–water partition coefficient (Wildman–Crippen LogP) is 5.60. The second kappa shape index (κ2) is 8.31. The van der Waals surface area contributed by atoms with E-state index in [0.717, 1.165) is 0 Å². The van der Waals surface area contributed by atoms with E-state index in [4.69, 9.17) is 20.8 Å². The Kier molecular flexibility index (Phi) is 5.41. The summed E-state index contributed by atoms with van der Waals surface area (Å²) in [6.07, 6.45) is 0. The van der Waals surface area contributed by atoms with Crippen LogP contribution in [0.5, 0.6) is 5.75 Å². The topological polar surface area (TPSA) is 80.6 Å². The summed E-state index contributed by atoms with van der Waals surface area (Å²) in [6, 6.07) is 20.7. The molecule has 0 spiro atoms. The van der Waals surface area contributed by atoms with Gasteiger partial charge in [0.05, 0.1) is 12.5 Å². The number of methoxy groups -OCH3 is 1. The number of hydrogen-bond acceptors (Lipinski definition) is 4. The van der Waals surface area contributed by atoms with Crippen LogP contribution in [0.25, 0.3) is 11.0 Å². The first-order valence-electron chi connectivity index (χ1n) is 9.09. The number of amides is 2. The summed E-state index contributed by atoms with van der Waals surface area (Å²) in [5.41, 5.74) is 2.12. The third-order valence-corrected chi connectivity index (χ3v) is 4.70. The van der Waals surface area contributed by atoms with Crippen molar-refractivity contribution >= 4 is 45.8 Å². The van der Waals surface area contributed by atoms with Gasteiger partial charge in [-0.1, -0.05) is 29.8 Å². The molecule has 7 heteroatoms. The van der Waals surface area contributed by atoms with E-state index in [9.17, 15) is 9.59 Å². The zero-order valence-corrected chi connectivity index (χ0v) is 16.7. The summed E-state index contributed by atoms with van der Waals surface area (Å²) in [7, 11) is 1.46. The maximum absolute atomic E-state index is 12.7. The van der Waals surface area contributed by atoms with Crippen LogP contribution in [0, 0.1) is 0 Å². The first kappa shape index (κ1) is 19.5. The molecule has 2 N–H and O–H groups in total. The Bertz CT molecular complexity index is 1220. The third-order valence-electron chi connectivity index (χ3n) is 4.45. The fourth-order valence-corrected chi connectivity index (χ4v) is 3.14. The molecule has 0 aliphatic carbocycles. The van der Waals surface area contributed by atoms with E-state index in [1.54, 1.807) is 54.6 Å². The van der Waals surface area contributed by atoms with E-state index in [1.165, 1.54) is 7.11 Å². The SMILES string of the molecule is COc1c(C(=O)Nc2ccccc2)oc2ccc(NC(=O)c3ccc(Cl)cc3)cc12. The van der Waals surface area contributed by atoms with Gasteiger partial charge in [-0.25, -0.2) is 0 Å². The van der Waals surface area contributed by atoms with Crippen molar-refractivity contribution in [2.24, 2.45) is 0 Å². The van der Waals surface area contributed by atoms with Gasteiger partial charge in [0.2, 0.25) is 5.76 Å². The molecule has 4 rings (SSSR count). The highest BCUT2D eigenvalue weighted by molar-refractivity contribution is 6.30. The Balaban J connectivity index is 1.61. The Labute approximate surface area is 177 Å². The highest BCUT2D eigenvalue weighted by atomic mass is 35.5. The lowest BCUT2D eigenvalue weighted by molar-refractivity contribution is 0.0992. The highest BCUT2D eigenvalue weighted by Gasteiger charge is 2.22. The molecule has 0 aliphatic heterocycles. The van der Waals surface area contributed by atoms with E-state index in [0.29, 0.717) is 38.7 Å². The van der Waals surface area contributed by atoms with Crippen molar-refractivity contribution in [1.82, 2.24) is 0 Å². The molecule has 3 aromatic carbocycles. The average molecular weight is 421 g/mol. The molecule has 1 heterocycles. The molecule has 0 atom stereocenters. The molecule has 0 fully saturated rings. The van der Waals surface area contributed by atoms with Crippen molar-refractivity contribution in [3.8, 4) is 5.75 Å². The molecule has 4 aromatic rings. The van der Waals surface area contributed by atoms with Crippen molar-refractivity contribution in [1.29, 1.82) is 0 Å². The lowest BCUT2D eigenvalue weighted by Gasteiger charge is -2.06. The largest absolute Gasteiger partial charge is 0.492 e. The van der Waals surface area contributed by atoms with Gasteiger partial charge < -0.3 is 19.8 Å². The minimum atomic E-state index is -0.430. The van der Waals surface area contributed by atoms with Crippen LogP contribution in [0.15, 0.2) is 77.2 Å². The normalized spacial score (nSPS) is 10.6. The number of hydrogen-bond donors (Lipinski definition) is 2. The number of halogens is 1.